The molecule has 0 N–H and O–H groups in total. The molecular formula is C52H40N2SSi. The van der Waals surface area contributed by atoms with Crippen LogP contribution in [0.4, 0.5) is 0 Å². The van der Waals surface area contributed by atoms with Crippen molar-refractivity contribution < 1.29 is 0 Å². The first-order chi connectivity index (χ1) is 27.4. The Labute approximate surface area is 334 Å². The summed E-state index contributed by atoms with van der Waals surface area (Å²) in [5.74, 6) is 0. The molecule has 0 atom stereocenters. The predicted molar refractivity (Wildman–Crippen MR) is 239 cm³/mol. The number of aromatic nitrogens is 2. The van der Waals surface area contributed by atoms with Crippen molar-refractivity contribution in [2.45, 2.75) is 36.0 Å². The van der Waals surface area contributed by atoms with E-state index in [1.807, 2.05) is 24.0 Å². The first-order valence-electron chi connectivity index (χ1n) is 19.3. The Morgan fingerprint density at radius 1 is 0.518 bits per heavy atom. The van der Waals surface area contributed by atoms with Gasteiger partial charge in [-0.05, 0) is 68.1 Å². The molecule has 0 aliphatic carbocycles. The summed E-state index contributed by atoms with van der Waals surface area (Å²) in [4.78, 5) is 13.0. The smallest absolute Gasteiger partial charge is 0.179 e. The number of aryl methyl sites for hydroxylation is 1. The lowest BCUT2D eigenvalue weighted by atomic mass is 9.77. The SMILES string of the molecule is Cc1cccc([Si](c2ccccc2)(c2ccccc2)c2cccc(-c3cc(-c4cccc5c4Sc4ccccc4C5(C)C)nc4c3ccc3cccnc34)c2)c1. The van der Waals surface area contributed by atoms with Crippen molar-refractivity contribution >= 4 is 62.4 Å². The molecule has 1 aliphatic rings. The highest BCUT2D eigenvalue weighted by molar-refractivity contribution is 7.99. The largest absolute Gasteiger partial charge is 0.254 e. The van der Waals surface area contributed by atoms with E-state index in [1.165, 1.54) is 52.8 Å². The minimum atomic E-state index is -2.78. The van der Waals surface area contributed by atoms with E-state index in [-0.39, 0.29) is 5.41 Å². The first-order valence-corrected chi connectivity index (χ1v) is 22.1. The van der Waals surface area contributed by atoms with Gasteiger partial charge < -0.3 is 0 Å². The van der Waals surface area contributed by atoms with Gasteiger partial charge in [0.25, 0.3) is 0 Å². The molecule has 9 aromatic rings. The average molecular weight is 753 g/mol. The molecule has 0 radical (unpaired) electrons. The Morgan fingerprint density at radius 2 is 1.18 bits per heavy atom. The van der Waals surface area contributed by atoms with E-state index in [2.05, 4.69) is 197 Å². The summed E-state index contributed by atoms with van der Waals surface area (Å²) in [6.45, 7) is 6.90. The van der Waals surface area contributed by atoms with Crippen LogP contribution >= 0.6 is 11.8 Å². The molecule has 10 rings (SSSR count). The van der Waals surface area contributed by atoms with Crippen molar-refractivity contribution in [2.75, 3.05) is 0 Å². The third-order valence-electron chi connectivity index (χ3n) is 11.8. The number of hydrogen-bond acceptors (Lipinski definition) is 3. The van der Waals surface area contributed by atoms with Gasteiger partial charge in [-0.15, -0.1) is 0 Å². The fourth-order valence-corrected chi connectivity index (χ4v) is 15.5. The Kier molecular flexibility index (Phi) is 8.35. The summed E-state index contributed by atoms with van der Waals surface area (Å²) in [5, 5.41) is 7.62. The van der Waals surface area contributed by atoms with E-state index in [4.69, 9.17) is 9.97 Å². The lowest BCUT2D eigenvalue weighted by Gasteiger charge is -2.35. The molecule has 56 heavy (non-hydrogen) atoms. The monoisotopic (exact) mass is 752 g/mol. The van der Waals surface area contributed by atoms with Crippen LogP contribution in [0.5, 0.6) is 0 Å². The van der Waals surface area contributed by atoms with Crippen LogP contribution in [0.15, 0.2) is 198 Å². The molecule has 0 spiro atoms. The van der Waals surface area contributed by atoms with E-state index in [0.717, 1.165) is 38.6 Å². The summed E-state index contributed by atoms with van der Waals surface area (Å²) in [6, 6.07) is 67.5. The molecule has 2 nitrogen and oxygen atoms in total. The molecular weight excluding hydrogens is 713 g/mol. The highest BCUT2D eigenvalue weighted by Crippen LogP contribution is 2.52. The summed E-state index contributed by atoms with van der Waals surface area (Å²) >= 11 is 1.87. The fourth-order valence-electron chi connectivity index (χ4n) is 9.05. The summed E-state index contributed by atoms with van der Waals surface area (Å²) in [6.07, 6.45) is 1.89. The minimum absolute atomic E-state index is 0.145. The van der Waals surface area contributed by atoms with Gasteiger partial charge in [-0.2, -0.15) is 0 Å². The van der Waals surface area contributed by atoms with Crippen molar-refractivity contribution in [1.29, 1.82) is 0 Å². The zero-order valence-corrected chi connectivity index (χ0v) is 33.5. The van der Waals surface area contributed by atoms with Gasteiger partial charge in [0, 0.05) is 37.7 Å². The van der Waals surface area contributed by atoms with Gasteiger partial charge in [0.05, 0.1) is 16.7 Å². The van der Waals surface area contributed by atoms with Gasteiger partial charge in [0.15, 0.2) is 8.07 Å². The average Bonchev–Trinajstić information content (AvgIpc) is 3.24. The van der Waals surface area contributed by atoms with Gasteiger partial charge in [0.2, 0.25) is 0 Å². The molecule has 2 aromatic heterocycles. The lowest BCUT2D eigenvalue weighted by molar-refractivity contribution is 0.608. The number of rotatable bonds is 6. The third-order valence-corrected chi connectivity index (χ3v) is 17.7. The van der Waals surface area contributed by atoms with E-state index in [9.17, 15) is 0 Å². The minimum Gasteiger partial charge on any atom is -0.254 e. The molecule has 0 amide bonds. The van der Waals surface area contributed by atoms with E-state index in [0.29, 0.717) is 0 Å². The maximum absolute atomic E-state index is 5.53. The summed E-state index contributed by atoms with van der Waals surface area (Å²) < 4.78 is 0. The Balaban J connectivity index is 1.26. The maximum Gasteiger partial charge on any atom is 0.179 e. The molecule has 3 heterocycles. The third kappa shape index (κ3) is 5.47. The van der Waals surface area contributed by atoms with Gasteiger partial charge >= 0.3 is 0 Å². The molecule has 1 aliphatic heterocycles. The van der Waals surface area contributed by atoms with E-state index < -0.39 is 8.07 Å². The molecule has 0 saturated heterocycles. The van der Waals surface area contributed by atoms with Crippen LogP contribution in [-0.2, 0) is 5.41 Å². The molecule has 7 aromatic carbocycles. The second-order valence-corrected chi connectivity index (χ2v) is 20.3. The summed E-state index contributed by atoms with van der Waals surface area (Å²) in [7, 11) is -2.78. The molecule has 0 fully saturated rings. The number of hydrogen-bond donors (Lipinski definition) is 0. The Hall–Kier alpha value is -6.07. The number of benzene rings is 7. The standard InChI is InChI=1S/C52H40N2SSi/c1-35-16-12-23-40(32-35)56(38-19-6-4-7-20-38,39-21-8-5-9-22-39)41-24-13-17-37(33-41)44-34-47(54-50-42(44)30-29-36-18-15-31-53-49(36)50)43-25-14-27-46-51(43)55-48-28-11-10-26-45(48)52(46,2)3/h4-34H,1-3H3. The van der Waals surface area contributed by atoms with Gasteiger partial charge in [-0.3, -0.25) is 4.98 Å². The topological polar surface area (TPSA) is 25.8 Å². The van der Waals surface area contributed by atoms with Crippen LogP contribution in [0.25, 0.3) is 44.2 Å². The highest BCUT2D eigenvalue weighted by atomic mass is 32.2. The van der Waals surface area contributed by atoms with Crippen molar-refractivity contribution in [3.63, 3.8) is 0 Å². The molecule has 0 bridgehead atoms. The molecule has 4 heteroatoms. The molecule has 0 unspecified atom stereocenters. The van der Waals surface area contributed by atoms with Crippen LogP contribution in [0.3, 0.4) is 0 Å². The predicted octanol–water partition coefficient (Wildman–Crippen LogP) is 10.6. The van der Waals surface area contributed by atoms with E-state index in [1.54, 1.807) is 0 Å². The van der Waals surface area contributed by atoms with Crippen molar-refractivity contribution in [2.24, 2.45) is 0 Å². The lowest BCUT2D eigenvalue weighted by Crippen LogP contribution is -2.74. The van der Waals surface area contributed by atoms with Crippen molar-refractivity contribution in [3.8, 4) is 22.4 Å². The maximum atomic E-state index is 5.53. The fraction of sp³-hybridized carbons (Fsp3) is 0.0769. The van der Waals surface area contributed by atoms with Crippen LogP contribution in [0.1, 0.15) is 30.5 Å². The van der Waals surface area contributed by atoms with Crippen LogP contribution < -0.4 is 20.7 Å². The second kappa shape index (κ2) is 13.6. The quantitative estimate of drug-likeness (QED) is 0.0961. The number of fused-ring (bicyclic) bond motifs is 5. The van der Waals surface area contributed by atoms with Gasteiger partial charge in [0.1, 0.15) is 0 Å². The summed E-state index contributed by atoms with van der Waals surface area (Å²) in [5.41, 5.74) is 10.1. The zero-order valence-electron chi connectivity index (χ0n) is 31.7. The number of pyridine rings is 2. The molecule has 0 saturated carbocycles. The Bertz CT molecular complexity index is 2900. The first kappa shape index (κ1) is 34.4. The van der Waals surface area contributed by atoms with Crippen LogP contribution in [0, 0.1) is 6.92 Å². The van der Waals surface area contributed by atoms with Crippen LogP contribution in [0.2, 0.25) is 0 Å². The van der Waals surface area contributed by atoms with Crippen molar-refractivity contribution in [1.82, 2.24) is 9.97 Å². The Morgan fingerprint density at radius 3 is 1.95 bits per heavy atom. The van der Waals surface area contributed by atoms with Gasteiger partial charge in [-0.1, -0.05) is 195 Å². The van der Waals surface area contributed by atoms with Gasteiger partial charge in [-0.25, -0.2) is 4.98 Å². The van der Waals surface area contributed by atoms with Crippen molar-refractivity contribution in [3.05, 3.63) is 205 Å². The van der Waals surface area contributed by atoms with Crippen LogP contribution in [-0.4, -0.2) is 18.0 Å². The zero-order chi connectivity index (χ0) is 37.9. The molecule has 268 valence electrons. The van der Waals surface area contributed by atoms with E-state index >= 15 is 0 Å². The normalized spacial score (nSPS) is 13.3. The second-order valence-electron chi connectivity index (χ2n) is 15.4. The highest BCUT2D eigenvalue weighted by Gasteiger charge is 2.42. The number of nitrogens with zero attached hydrogens (tertiary/aromatic N) is 2.